The molecule has 2 radical (unpaired) electrons. The van der Waals surface area contributed by atoms with E-state index in [0.29, 0.717) is 18.6 Å². The molecular weight excluding hydrogens is 506 g/mol. The molecule has 0 aliphatic heterocycles. The van der Waals surface area contributed by atoms with Crippen LogP contribution < -0.4 is 20.1 Å². The molecule has 0 spiro atoms. The Hall–Kier alpha value is -0.942. The first-order valence-electron chi connectivity index (χ1n) is 7.70. The Morgan fingerprint density at radius 3 is 1.64 bits per heavy atom. The number of para-hydroxylation sites is 2. The topological polar surface area (TPSA) is 67.2 Å². The van der Waals surface area contributed by atoms with Crippen molar-refractivity contribution in [2.75, 3.05) is 20.6 Å². The van der Waals surface area contributed by atoms with Crippen molar-refractivity contribution in [2.45, 2.75) is 7.43 Å². The van der Waals surface area contributed by atoms with Crippen LogP contribution in [0, 0.1) is 14.0 Å². The van der Waals surface area contributed by atoms with Gasteiger partial charge in [0, 0.05) is 72.5 Å². The molecule has 0 aliphatic carbocycles. The summed E-state index contributed by atoms with van der Waals surface area (Å²) in [5.74, 6) is 1.51. The molecule has 2 aromatic rings. The molecule has 0 aliphatic rings. The van der Waals surface area contributed by atoms with Crippen LogP contribution in [0.5, 0.6) is 11.5 Å². The standard InChI is InChI=1S/C10H13N2O.C9H11N2O.CH4.2Y/c1-3-12-10(11-2)13-9-7-5-4-6-8-9;1-10-9(11-2)12-8-6-4-3-5-7-8;;;/h4-8H,1,3H2,2H3,(H,11,12);3-7H,1H2,2H3,(H,10,11);1H4;;/q2*-1;;;. The average Bonchev–Trinajstić information content (AvgIpc) is 2.68. The van der Waals surface area contributed by atoms with Crippen molar-refractivity contribution in [2.24, 2.45) is 9.98 Å². The van der Waals surface area contributed by atoms with Gasteiger partial charge < -0.3 is 32.0 Å². The maximum absolute atomic E-state index is 5.40. The van der Waals surface area contributed by atoms with Crippen molar-refractivity contribution < 1.29 is 74.9 Å². The number of hydrogen-bond donors (Lipinski definition) is 2. The summed E-state index contributed by atoms with van der Waals surface area (Å²) in [6.07, 6.45) is 0. The van der Waals surface area contributed by atoms with Crippen LogP contribution in [0.4, 0.5) is 0 Å². The third-order valence-electron chi connectivity index (χ3n) is 2.75. The maximum atomic E-state index is 5.40. The van der Waals surface area contributed by atoms with Gasteiger partial charge in [0.1, 0.15) is 17.5 Å². The average molecular weight is 534 g/mol. The fraction of sp³-hybridized carbons (Fsp3) is 0.200. The molecule has 0 saturated carbocycles. The molecule has 0 saturated heterocycles. The van der Waals surface area contributed by atoms with Gasteiger partial charge in [-0.15, -0.1) is 6.54 Å². The second-order valence-electron chi connectivity index (χ2n) is 4.50. The normalized spacial score (nSPS) is 9.82. The summed E-state index contributed by atoms with van der Waals surface area (Å²) in [6, 6.07) is 19.8. The van der Waals surface area contributed by atoms with Crippen LogP contribution >= 0.6 is 0 Å². The fourth-order valence-electron chi connectivity index (χ4n) is 1.63. The van der Waals surface area contributed by atoms with E-state index in [-0.39, 0.29) is 72.8 Å². The SMILES string of the molecule is C.[CH2-]CNC(=NC)Oc1ccccc1.[CH2-]N=C(NC)Oc1ccccc1.[Y].[Y]. The number of nitrogens with zero attached hydrogens (tertiary/aromatic N) is 2. The quantitative estimate of drug-likeness (QED) is 0.360. The minimum Gasteiger partial charge on any atom is -0.513 e. The molecule has 28 heavy (non-hydrogen) atoms. The van der Waals surface area contributed by atoms with Gasteiger partial charge in [-0.3, -0.25) is 0 Å². The van der Waals surface area contributed by atoms with Gasteiger partial charge in [-0.1, -0.05) is 43.8 Å². The Kier molecular flexibility index (Phi) is 23.6. The second-order valence-corrected chi connectivity index (χ2v) is 4.50. The van der Waals surface area contributed by atoms with E-state index in [9.17, 15) is 0 Å². The number of benzene rings is 2. The molecule has 6 nitrogen and oxygen atoms in total. The molecule has 0 unspecified atom stereocenters. The number of rotatable bonds is 3. The van der Waals surface area contributed by atoms with Gasteiger partial charge in [-0.05, 0) is 31.3 Å². The van der Waals surface area contributed by atoms with Gasteiger partial charge in [-0.2, -0.15) is 7.05 Å². The van der Waals surface area contributed by atoms with Crippen molar-refractivity contribution in [1.82, 2.24) is 10.6 Å². The first-order valence-corrected chi connectivity index (χ1v) is 7.70. The molecule has 2 aromatic carbocycles. The Bertz CT molecular complexity index is 654. The Balaban J connectivity index is -0.000000404. The van der Waals surface area contributed by atoms with Crippen molar-refractivity contribution in [3.05, 3.63) is 74.6 Å². The molecule has 2 N–H and O–H groups in total. The van der Waals surface area contributed by atoms with Crippen LogP contribution in [0.2, 0.25) is 0 Å². The molecule has 0 atom stereocenters. The molecule has 0 heterocycles. The van der Waals surface area contributed by atoms with Crippen molar-refractivity contribution in [1.29, 1.82) is 0 Å². The van der Waals surface area contributed by atoms with Crippen LogP contribution in [-0.4, -0.2) is 32.7 Å². The Morgan fingerprint density at radius 2 is 1.32 bits per heavy atom. The minimum absolute atomic E-state index is 0. The van der Waals surface area contributed by atoms with Gasteiger partial charge >= 0.3 is 0 Å². The third kappa shape index (κ3) is 14.1. The largest absolute Gasteiger partial charge is 0.513 e. The summed E-state index contributed by atoms with van der Waals surface area (Å²) in [7, 11) is 6.75. The van der Waals surface area contributed by atoms with E-state index in [2.05, 4.69) is 34.6 Å². The predicted octanol–water partition coefficient (Wildman–Crippen LogP) is 3.54. The van der Waals surface area contributed by atoms with Gasteiger partial charge in [0.05, 0.1) is 0 Å². The van der Waals surface area contributed by atoms with E-state index in [4.69, 9.17) is 9.47 Å². The van der Waals surface area contributed by atoms with Gasteiger partial charge in [-0.25, -0.2) is 4.99 Å². The van der Waals surface area contributed by atoms with Crippen molar-refractivity contribution in [3.8, 4) is 11.5 Å². The van der Waals surface area contributed by atoms with E-state index in [0.717, 1.165) is 11.5 Å². The Labute approximate surface area is 219 Å². The molecule has 0 bridgehead atoms. The van der Waals surface area contributed by atoms with E-state index < -0.39 is 0 Å². The van der Waals surface area contributed by atoms with Crippen molar-refractivity contribution >= 4 is 12.0 Å². The Morgan fingerprint density at radius 1 is 0.893 bits per heavy atom. The first-order chi connectivity index (χ1) is 12.2. The zero-order chi connectivity index (χ0) is 18.3. The summed E-state index contributed by atoms with van der Waals surface area (Å²) < 4.78 is 10.7. The van der Waals surface area contributed by atoms with E-state index in [1.54, 1.807) is 14.1 Å². The maximum Gasteiger partial charge on any atom is 0.287 e. The molecule has 148 valence electrons. The number of amidine groups is 2. The second kappa shape index (κ2) is 20.8. The van der Waals surface area contributed by atoms with Crippen LogP contribution in [0.1, 0.15) is 7.43 Å². The molecular formula is C20H28N4O2Y2-2. The van der Waals surface area contributed by atoms with E-state index >= 15 is 0 Å². The molecule has 2 rings (SSSR count). The molecule has 0 amide bonds. The monoisotopic (exact) mass is 534 g/mol. The summed E-state index contributed by atoms with van der Waals surface area (Å²) in [5.41, 5.74) is 0. The number of hydrogen-bond acceptors (Lipinski definition) is 4. The number of ether oxygens (including phenoxy) is 2. The van der Waals surface area contributed by atoms with Gasteiger partial charge in [0.25, 0.3) is 6.02 Å². The minimum atomic E-state index is 0. The third-order valence-corrected chi connectivity index (χ3v) is 2.75. The molecule has 0 fully saturated rings. The zero-order valence-electron chi connectivity index (χ0n) is 15.8. The molecule has 0 aromatic heterocycles. The smallest absolute Gasteiger partial charge is 0.287 e. The fourth-order valence-corrected chi connectivity index (χ4v) is 1.63. The summed E-state index contributed by atoms with van der Waals surface area (Å²) >= 11 is 0. The summed E-state index contributed by atoms with van der Waals surface area (Å²) in [5, 5.41) is 5.66. The molecule has 8 heteroatoms. The summed E-state index contributed by atoms with van der Waals surface area (Å²) in [6.45, 7) is 4.20. The van der Waals surface area contributed by atoms with Crippen LogP contribution in [0.25, 0.3) is 0 Å². The van der Waals surface area contributed by atoms with Crippen LogP contribution in [-0.2, 0) is 65.4 Å². The number of aliphatic imine (C=N–C) groups is 2. The van der Waals surface area contributed by atoms with Gasteiger partial charge in [0.2, 0.25) is 0 Å². The van der Waals surface area contributed by atoms with Gasteiger partial charge in [0.15, 0.2) is 0 Å². The summed E-state index contributed by atoms with van der Waals surface area (Å²) in [4.78, 5) is 7.55. The van der Waals surface area contributed by atoms with E-state index in [1.165, 1.54) is 0 Å². The number of nitrogens with one attached hydrogen (secondary N) is 2. The predicted molar refractivity (Wildman–Crippen MR) is 109 cm³/mol. The van der Waals surface area contributed by atoms with Crippen molar-refractivity contribution in [3.63, 3.8) is 0 Å². The zero-order valence-corrected chi connectivity index (χ0v) is 21.4. The van der Waals surface area contributed by atoms with E-state index in [1.807, 2.05) is 60.7 Å². The first kappa shape index (κ1) is 31.7. The van der Waals surface area contributed by atoms with Crippen LogP contribution in [0.15, 0.2) is 70.6 Å². The van der Waals surface area contributed by atoms with Crippen LogP contribution in [0.3, 0.4) is 0 Å².